The standard InChI is InChI=1S/C23H30N2O.ClH/c1-24-12-15-26-20-10-8-19-9-11-23(25-13-5-14-25)22(21(19)17-20)16-18-6-3-2-4-7-18;/h2-4,6-8,10,17,22-24H,5,9,11-16H2,1H3;1H. The van der Waals surface area contributed by atoms with E-state index in [-0.39, 0.29) is 12.4 Å². The Balaban J connectivity index is 0.00000210. The molecule has 146 valence electrons. The maximum atomic E-state index is 5.97. The van der Waals surface area contributed by atoms with E-state index in [0.29, 0.717) is 18.6 Å². The van der Waals surface area contributed by atoms with E-state index in [2.05, 4.69) is 58.7 Å². The smallest absolute Gasteiger partial charge is 0.119 e. The summed E-state index contributed by atoms with van der Waals surface area (Å²) in [5.41, 5.74) is 4.47. The van der Waals surface area contributed by atoms with Gasteiger partial charge in [0.25, 0.3) is 0 Å². The molecule has 2 aromatic carbocycles. The van der Waals surface area contributed by atoms with Gasteiger partial charge in [0.15, 0.2) is 0 Å². The number of likely N-dealkylation sites (tertiary alicyclic amines) is 1. The first-order valence-electron chi connectivity index (χ1n) is 10.0. The van der Waals surface area contributed by atoms with E-state index in [1.807, 2.05) is 7.05 Å². The molecule has 1 fully saturated rings. The van der Waals surface area contributed by atoms with Crippen molar-refractivity contribution < 1.29 is 4.74 Å². The van der Waals surface area contributed by atoms with Crippen LogP contribution in [-0.4, -0.2) is 44.2 Å². The summed E-state index contributed by atoms with van der Waals surface area (Å²) in [6, 6.07) is 18.4. The van der Waals surface area contributed by atoms with Crippen LogP contribution in [0.1, 0.15) is 35.4 Å². The van der Waals surface area contributed by atoms with Gasteiger partial charge in [-0.1, -0.05) is 36.4 Å². The lowest BCUT2D eigenvalue weighted by Crippen LogP contribution is -2.49. The van der Waals surface area contributed by atoms with Gasteiger partial charge in [-0.05, 0) is 74.6 Å². The number of fused-ring (bicyclic) bond motifs is 1. The van der Waals surface area contributed by atoms with Crippen molar-refractivity contribution in [2.24, 2.45) is 0 Å². The van der Waals surface area contributed by atoms with Crippen molar-refractivity contribution in [2.45, 2.75) is 37.6 Å². The molecular weight excluding hydrogens is 356 g/mol. The Bertz CT molecular complexity index is 718. The van der Waals surface area contributed by atoms with Crippen LogP contribution in [-0.2, 0) is 12.8 Å². The minimum Gasteiger partial charge on any atom is -0.492 e. The van der Waals surface area contributed by atoms with Gasteiger partial charge in [0.05, 0.1) is 0 Å². The summed E-state index contributed by atoms with van der Waals surface area (Å²) in [6.45, 7) is 4.13. The average Bonchev–Trinajstić information content (AvgIpc) is 2.63. The summed E-state index contributed by atoms with van der Waals surface area (Å²) in [7, 11) is 1.96. The second-order valence-electron chi connectivity index (χ2n) is 7.60. The number of hydrogen-bond donors (Lipinski definition) is 1. The second-order valence-corrected chi connectivity index (χ2v) is 7.60. The lowest BCUT2D eigenvalue weighted by atomic mass is 9.75. The normalized spacial score (nSPS) is 21.7. The van der Waals surface area contributed by atoms with Crippen molar-refractivity contribution in [3.05, 3.63) is 65.2 Å². The molecule has 2 aliphatic rings. The van der Waals surface area contributed by atoms with Gasteiger partial charge in [0.2, 0.25) is 0 Å². The maximum Gasteiger partial charge on any atom is 0.119 e. The fraction of sp³-hybridized carbons (Fsp3) is 0.478. The minimum atomic E-state index is 0. The fourth-order valence-electron chi connectivity index (χ4n) is 4.44. The molecular formula is C23H31ClN2O. The van der Waals surface area contributed by atoms with Crippen molar-refractivity contribution >= 4 is 12.4 Å². The van der Waals surface area contributed by atoms with Crippen molar-refractivity contribution in [1.82, 2.24) is 10.2 Å². The Morgan fingerprint density at radius 2 is 1.93 bits per heavy atom. The highest BCUT2D eigenvalue weighted by atomic mass is 35.5. The highest BCUT2D eigenvalue weighted by Crippen LogP contribution is 2.40. The van der Waals surface area contributed by atoms with Crippen molar-refractivity contribution in [1.29, 1.82) is 0 Å². The van der Waals surface area contributed by atoms with Crippen LogP contribution in [0.15, 0.2) is 48.5 Å². The van der Waals surface area contributed by atoms with E-state index in [9.17, 15) is 0 Å². The number of aryl methyl sites for hydroxylation is 1. The largest absolute Gasteiger partial charge is 0.492 e. The van der Waals surface area contributed by atoms with Crippen LogP contribution in [0.2, 0.25) is 0 Å². The van der Waals surface area contributed by atoms with Crippen LogP contribution in [0.5, 0.6) is 5.75 Å². The first-order valence-corrected chi connectivity index (χ1v) is 10.0. The molecule has 1 saturated heterocycles. The van der Waals surface area contributed by atoms with Crippen LogP contribution < -0.4 is 10.1 Å². The molecule has 0 aromatic heterocycles. The number of halogens is 1. The third-order valence-corrected chi connectivity index (χ3v) is 5.97. The zero-order chi connectivity index (χ0) is 17.8. The first kappa shape index (κ1) is 20.2. The molecule has 0 amide bonds. The monoisotopic (exact) mass is 386 g/mol. The van der Waals surface area contributed by atoms with Gasteiger partial charge >= 0.3 is 0 Å². The molecule has 2 unspecified atom stereocenters. The second kappa shape index (κ2) is 9.59. The quantitative estimate of drug-likeness (QED) is 0.726. The van der Waals surface area contributed by atoms with Crippen molar-refractivity contribution in [2.75, 3.05) is 33.3 Å². The molecule has 4 heteroatoms. The van der Waals surface area contributed by atoms with Crippen molar-refractivity contribution in [3.8, 4) is 5.75 Å². The lowest BCUT2D eigenvalue weighted by Gasteiger charge is -2.45. The number of hydrogen-bond acceptors (Lipinski definition) is 3. The number of nitrogens with one attached hydrogen (secondary N) is 1. The van der Waals surface area contributed by atoms with E-state index in [1.165, 1.54) is 49.0 Å². The number of ether oxygens (including phenoxy) is 1. The molecule has 0 radical (unpaired) electrons. The Morgan fingerprint density at radius 3 is 2.63 bits per heavy atom. The third kappa shape index (κ3) is 4.66. The molecule has 4 rings (SSSR count). The van der Waals surface area contributed by atoms with Crippen molar-refractivity contribution in [3.63, 3.8) is 0 Å². The fourth-order valence-corrected chi connectivity index (χ4v) is 4.44. The topological polar surface area (TPSA) is 24.5 Å². The molecule has 3 nitrogen and oxygen atoms in total. The number of likely N-dealkylation sites (N-methyl/N-ethyl adjacent to an activating group) is 1. The van der Waals surface area contributed by atoms with Crippen LogP contribution in [0.25, 0.3) is 0 Å². The summed E-state index contributed by atoms with van der Waals surface area (Å²) in [6.07, 6.45) is 4.95. The number of benzene rings is 2. The highest BCUT2D eigenvalue weighted by molar-refractivity contribution is 5.85. The third-order valence-electron chi connectivity index (χ3n) is 5.97. The molecule has 0 saturated carbocycles. The van der Waals surface area contributed by atoms with Gasteiger partial charge in [-0.25, -0.2) is 0 Å². The first-order chi connectivity index (χ1) is 12.8. The number of rotatable bonds is 7. The molecule has 0 spiro atoms. The van der Waals surface area contributed by atoms with Gasteiger partial charge < -0.3 is 10.1 Å². The van der Waals surface area contributed by atoms with Gasteiger partial charge in [-0.15, -0.1) is 12.4 Å². The van der Waals surface area contributed by atoms with Gasteiger partial charge in [0, 0.05) is 18.5 Å². The Morgan fingerprint density at radius 1 is 1.11 bits per heavy atom. The van der Waals surface area contributed by atoms with Crippen LogP contribution in [0.3, 0.4) is 0 Å². The van der Waals surface area contributed by atoms with Gasteiger partial charge in [-0.3, -0.25) is 4.90 Å². The Labute approximate surface area is 169 Å². The lowest BCUT2D eigenvalue weighted by molar-refractivity contribution is 0.0876. The van der Waals surface area contributed by atoms with Crippen LogP contribution in [0, 0.1) is 0 Å². The van der Waals surface area contributed by atoms with E-state index < -0.39 is 0 Å². The van der Waals surface area contributed by atoms with E-state index in [4.69, 9.17) is 4.74 Å². The zero-order valence-corrected chi connectivity index (χ0v) is 17.0. The number of nitrogens with zero attached hydrogens (tertiary/aromatic N) is 1. The maximum absolute atomic E-state index is 5.97. The summed E-state index contributed by atoms with van der Waals surface area (Å²) >= 11 is 0. The molecule has 2 atom stereocenters. The van der Waals surface area contributed by atoms with Gasteiger partial charge in [-0.2, -0.15) is 0 Å². The van der Waals surface area contributed by atoms with E-state index in [0.717, 1.165) is 18.7 Å². The predicted molar refractivity (Wildman–Crippen MR) is 114 cm³/mol. The summed E-state index contributed by atoms with van der Waals surface area (Å²) in [5, 5.41) is 3.15. The molecule has 27 heavy (non-hydrogen) atoms. The minimum absolute atomic E-state index is 0. The van der Waals surface area contributed by atoms with E-state index in [1.54, 1.807) is 0 Å². The Kier molecular flexibility index (Phi) is 7.17. The molecule has 1 heterocycles. The molecule has 2 aromatic rings. The highest BCUT2D eigenvalue weighted by Gasteiger charge is 2.35. The van der Waals surface area contributed by atoms with Crippen LogP contribution in [0.4, 0.5) is 0 Å². The Hall–Kier alpha value is -1.55. The molecule has 1 N–H and O–H groups in total. The van der Waals surface area contributed by atoms with Gasteiger partial charge in [0.1, 0.15) is 12.4 Å². The average molecular weight is 387 g/mol. The SMILES string of the molecule is CNCCOc1ccc2c(c1)C(Cc1ccccc1)C(N1CCC1)CC2.Cl. The summed E-state index contributed by atoms with van der Waals surface area (Å²) in [4.78, 5) is 2.70. The summed E-state index contributed by atoms with van der Waals surface area (Å²) < 4.78 is 5.97. The predicted octanol–water partition coefficient (Wildman–Crippen LogP) is 4.05. The van der Waals surface area contributed by atoms with Crippen LogP contribution >= 0.6 is 12.4 Å². The van der Waals surface area contributed by atoms with E-state index >= 15 is 0 Å². The zero-order valence-electron chi connectivity index (χ0n) is 16.2. The summed E-state index contributed by atoms with van der Waals surface area (Å²) in [5.74, 6) is 1.58. The molecule has 1 aliphatic carbocycles. The molecule has 0 bridgehead atoms. The molecule has 1 aliphatic heterocycles.